The Morgan fingerprint density at radius 3 is 2.71 bits per heavy atom. The minimum Gasteiger partial charge on any atom is -0.353 e. The lowest BCUT2D eigenvalue weighted by molar-refractivity contribution is -0.122. The van der Waals surface area contributed by atoms with Crippen molar-refractivity contribution in [2.45, 2.75) is 38.3 Å². The third-order valence-electron chi connectivity index (χ3n) is 4.49. The summed E-state index contributed by atoms with van der Waals surface area (Å²) in [6.45, 7) is 3.03. The van der Waals surface area contributed by atoms with Gasteiger partial charge in [0.1, 0.15) is 5.82 Å². The van der Waals surface area contributed by atoms with Crippen molar-refractivity contribution in [1.29, 1.82) is 0 Å². The molecule has 0 bridgehead atoms. The lowest BCUT2D eigenvalue weighted by Gasteiger charge is -2.32. The van der Waals surface area contributed by atoms with Crippen molar-refractivity contribution in [2.75, 3.05) is 13.1 Å². The summed E-state index contributed by atoms with van der Waals surface area (Å²) >= 11 is 1.79. The molecule has 0 spiro atoms. The Bertz CT molecular complexity index is 651. The van der Waals surface area contributed by atoms with Crippen molar-refractivity contribution in [3.63, 3.8) is 0 Å². The quantitative estimate of drug-likeness (QED) is 0.867. The van der Waals surface area contributed by atoms with Crippen LogP contribution >= 0.6 is 11.3 Å². The van der Waals surface area contributed by atoms with Crippen LogP contribution in [0.2, 0.25) is 0 Å². The van der Waals surface area contributed by atoms with Crippen LogP contribution in [0.25, 0.3) is 0 Å². The number of carbonyl (C=O) groups is 1. The number of rotatable bonds is 6. The number of likely N-dealkylation sites (tertiary alicyclic amines) is 1. The molecule has 1 N–H and O–H groups in total. The fraction of sp³-hybridized carbons (Fsp3) is 0.421. The van der Waals surface area contributed by atoms with E-state index >= 15 is 0 Å². The molecule has 0 radical (unpaired) electrons. The molecule has 1 fully saturated rings. The van der Waals surface area contributed by atoms with Crippen molar-refractivity contribution in [1.82, 2.24) is 10.2 Å². The number of nitrogens with one attached hydrogen (secondary N) is 1. The van der Waals surface area contributed by atoms with Crippen LogP contribution in [0.3, 0.4) is 0 Å². The SMILES string of the molecule is O=C(CCc1ccccc1F)NC1CCN(Cc2cccs2)CC1. The number of aryl methyl sites for hydroxylation is 1. The van der Waals surface area contributed by atoms with Crippen molar-refractivity contribution < 1.29 is 9.18 Å². The zero-order valence-electron chi connectivity index (χ0n) is 13.7. The zero-order valence-corrected chi connectivity index (χ0v) is 14.5. The predicted molar refractivity (Wildman–Crippen MR) is 95.5 cm³/mol. The van der Waals surface area contributed by atoms with Crippen molar-refractivity contribution in [3.8, 4) is 0 Å². The van der Waals surface area contributed by atoms with Crippen LogP contribution in [0.4, 0.5) is 4.39 Å². The first kappa shape index (κ1) is 17.1. The summed E-state index contributed by atoms with van der Waals surface area (Å²) in [5.74, 6) is -0.206. The van der Waals surface area contributed by atoms with Gasteiger partial charge >= 0.3 is 0 Å². The number of nitrogens with zero attached hydrogens (tertiary/aromatic N) is 1. The maximum absolute atomic E-state index is 13.6. The number of amides is 1. The third-order valence-corrected chi connectivity index (χ3v) is 5.35. The topological polar surface area (TPSA) is 32.3 Å². The van der Waals surface area contributed by atoms with Gasteiger partial charge < -0.3 is 5.32 Å². The van der Waals surface area contributed by atoms with E-state index in [4.69, 9.17) is 0 Å². The summed E-state index contributed by atoms with van der Waals surface area (Å²) in [4.78, 5) is 15.9. The van der Waals surface area contributed by atoms with E-state index in [1.807, 2.05) is 0 Å². The number of hydrogen-bond acceptors (Lipinski definition) is 3. The van der Waals surface area contributed by atoms with Crippen LogP contribution in [0.5, 0.6) is 0 Å². The van der Waals surface area contributed by atoms with E-state index < -0.39 is 0 Å². The highest BCUT2D eigenvalue weighted by molar-refractivity contribution is 7.09. The highest BCUT2D eigenvalue weighted by atomic mass is 32.1. The van der Waals surface area contributed by atoms with E-state index in [9.17, 15) is 9.18 Å². The van der Waals surface area contributed by atoms with Crippen molar-refractivity contribution >= 4 is 17.2 Å². The molecule has 1 aromatic carbocycles. The van der Waals surface area contributed by atoms with Crippen LogP contribution in [0, 0.1) is 5.82 Å². The summed E-state index contributed by atoms with van der Waals surface area (Å²) in [5, 5.41) is 5.21. The van der Waals surface area contributed by atoms with E-state index in [0.29, 0.717) is 18.4 Å². The fourth-order valence-electron chi connectivity index (χ4n) is 3.11. The smallest absolute Gasteiger partial charge is 0.220 e. The lowest BCUT2D eigenvalue weighted by Crippen LogP contribution is -2.44. The van der Waals surface area contributed by atoms with Gasteiger partial charge in [-0.2, -0.15) is 0 Å². The first-order chi connectivity index (χ1) is 11.7. The molecular weight excluding hydrogens is 323 g/mol. The van der Waals surface area contributed by atoms with Gasteiger partial charge in [-0.05, 0) is 42.3 Å². The van der Waals surface area contributed by atoms with Crippen LogP contribution < -0.4 is 5.32 Å². The van der Waals surface area contributed by atoms with Crippen LogP contribution in [0.1, 0.15) is 29.7 Å². The second kappa shape index (κ2) is 8.40. The molecule has 0 aliphatic carbocycles. The molecule has 1 amide bonds. The molecule has 3 nitrogen and oxygen atoms in total. The maximum atomic E-state index is 13.6. The van der Waals surface area contributed by atoms with Crippen molar-refractivity contribution in [3.05, 3.63) is 58.0 Å². The summed E-state index contributed by atoms with van der Waals surface area (Å²) in [7, 11) is 0. The number of piperidine rings is 1. The fourth-order valence-corrected chi connectivity index (χ4v) is 3.85. The zero-order chi connectivity index (χ0) is 16.8. The maximum Gasteiger partial charge on any atom is 0.220 e. The van der Waals surface area contributed by atoms with Gasteiger partial charge in [0, 0.05) is 37.0 Å². The number of thiophene rings is 1. The Morgan fingerprint density at radius 1 is 1.21 bits per heavy atom. The number of benzene rings is 1. The molecule has 5 heteroatoms. The summed E-state index contributed by atoms with van der Waals surface area (Å²) in [6, 6.07) is 11.2. The van der Waals surface area contributed by atoms with E-state index in [1.54, 1.807) is 29.5 Å². The van der Waals surface area contributed by atoms with E-state index in [2.05, 4.69) is 27.7 Å². The molecule has 2 heterocycles. The summed E-state index contributed by atoms with van der Waals surface area (Å²) in [5.41, 5.74) is 0.610. The van der Waals surface area contributed by atoms with E-state index in [-0.39, 0.29) is 17.8 Å². The minimum atomic E-state index is -0.229. The highest BCUT2D eigenvalue weighted by Crippen LogP contribution is 2.17. The minimum absolute atomic E-state index is 0.0231. The van der Waals surface area contributed by atoms with Gasteiger partial charge in [-0.25, -0.2) is 4.39 Å². The highest BCUT2D eigenvalue weighted by Gasteiger charge is 2.20. The van der Waals surface area contributed by atoms with E-state index in [0.717, 1.165) is 32.5 Å². The Kier molecular flexibility index (Phi) is 5.99. The number of halogens is 1. The van der Waals surface area contributed by atoms with Gasteiger partial charge in [0.05, 0.1) is 0 Å². The van der Waals surface area contributed by atoms with E-state index in [1.165, 1.54) is 10.9 Å². The summed E-state index contributed by atoms with van der Waals surface area (Å²) in [6.07, 6.45) is 2.76. The second-order valence-electron chi connectivity index (χ2n) is 6.29. The molecule has 0 unspecified atom stereocenters. The third kappa shape index (κ3) is 4.89. The van der Waals surface area contributed by atoms with Gasteiger partial charge in [0.25, 0.3) is 0 Å². The Hall–Kier alpha value is -1.72. The number of carbonyl (C=O) groups excluding carboxylic acids is 1. The molecule has 0 saturated carbocycles. The lowest BCUT2D eigenvalue weighted by atomic mass is 10.0. The normalized spacial score (nSPS) is 16.2. The van der Waals surface area contributed by atoms with Crippen LogP contribution in [0.15, 0.2) is 41.8 Å². The largest absolute Gasteiger partial charge is 0.353 e. The molecule has 24 heavy (non-hydrogen) atoms. The van der Waals surface area contributed by atoms with Crippen LogP contribution in [-0.2, 0) is 17.8 Å². The first-order valence-electron chi connectivity index (χ1n) is 8.48. The molecule has 1 aliphatic heterocycles. The monoisotopic (exact) mass is 346 g/mol. The standard InChI is InChI=1S/C19H23FN2OS/c20-18-6-2-1-4-15(18)7-8-19(23)21-16-9-11-22(12-10-16)14-17-5-3-13-24-17/h1-6,13,16H,7-12,14H2,(H,21,23). The van der Waals surface area contributed by atoms with Crippen molar-refractivity contribution in [2.24, 2.45) is 0 Å². The molecule has 3 rings (SSSR count). The Balaban J connectivity index is 1.38. The molecule has 1 saturated heterocycles. The first-order valence-corrected chi connectivity index (χ1v) is 9.36. The Labute approximate surface area is 146 Å². The van der Waals surface area contributed by atoms with Gasteiger partial charge in [0.2, 0.25) is 5.91 Å². The van der Waals surface area contributed by atoms with Crippen LogP contribution in [-0.4, -0.2) is 29.9 Å². The Morgan fingerprint density at radius 2 is 2.00 bits per heavy atom. The van der Waals surface area contributed by atoms with Gasteiger partial charge in [-0.3, -0.25) is 9.69 Å². The molecular formula is C19H23FN2OS. The molecule has 1 aromatic heterocycles. The molecule has 0 atom stereocenters. The molecule has 2 aromatic rings. The molecule has 1 aliphatic rings. The average molecular weight is 346 g/mol. The average Bonchev–Trinajstić information content (AvgIpc) is 3.09. The van der Waals surface area contributed by atoms with Gasteiger partial charge in [0.15, 0.2) is 0 Å². The van der Waals surface area contributed by atoms with Gasteiger partial charge in [-0.15, -0.1) is 11.3 Å². The predicted octanol–water partition coefficient (Wildman–Crippen LogP) is 3.60. The number of hydrogen-bond donors (Lipinski definition) is 1. The molecule has 128 valence electrons. The summed E-state index contributed by atoms with van der Waals surface area (Å²) < 4.78 is 13.6. The van der Waals surface area contributed by atoms with Gasteiger partial charge in [-0.1, -0.05) is 24.3 Å². The second-order valence-corrected chi connectivity index (χ2v) is 7.32.